The summed E-state index contributed by atoms with van der Waals surface area (Å²) in [5.41, 5.74) is 6.99. The highest BCUT2D eigenvalue weighted by Gasteiger charge is 2.17. The summed E-state index contributed by atoms with van der Waals surface area (Å²) in [6, 6.07) is 8.65. The van der Waals surface area contributed by atoms with Crippen molar-refractivity contribution in [2.45, 2.75) is 25.4 Å². The van der Waals surface area contributed by atoms with Crippen molar-refractivity contribution in [2.24, 2.45) is 5.73 Å². The normalized spacial score (nSPS) is 17.0. The molecule has 2 aromatic rings. The van der Waals surface area contributed by atoms with Crippen LogP contribution in [0.25, 0.3) is 0 Å². The zero-order valence-electron chi connectivity index (χ0n) is 13.9. The van der Waals surface area contributed by atoms with Gasteiger partial charge in [-0.25, -0.2) is 4.79 Å². The van der Waals surface area contributed by atoms with Gasteiger partial charge in [-0.3, -0.25) is 9.48 Å². The summed E-state index contributed by atoms with van der Waals surface area (Å²) >= 11 is 0. The third-order valence-corrected chi connectivity index (χ3v) is 4.16. The molecule has 25 heavy (non-hydrogen) atoms. The van der Waals surface area contributed by atoms with Gasteiger partial charge in [0.25, 0.3) is 5.91 Å². The standard InChI is InChI=1S/C17H22N6O2/c18-17(25)20-10-12-3-5-13(6-4-12)21-16(24)15-7-9-23(22-15)14-2-1-8-19-11-14/h3-7,9,14,19H,1-2,8,10-11H2,(H,21,24)(H3,18,20,25). The fraction of sp³-hybridized carbons (Fsp3) is 0.353. The monoisotopic (exact) mass is 342 g/mol. The molecule has 3 amide bonds. The number of nitrogens with two attached hydrogens (primary N) is 1. The Balaban J connectivity index is 1.58. The molecule has 1 aliphatic heterocycles. The van der Waals surface area contributed by atoms with Crippen LogP contribution in [0, 0.1) is 0 Å². The predicted octanol–water partition coefficient (Wildman–Crippen LogP) is 1.23. The number of carbonyl (C=O) groups excluding carboxylic acids is 2. The molecule has 1 aliphatic rings. The van der Waals surface area contributed by atoms with E-state index in [9.17, 15) is 9.59 Å². The van der Waals surface area contributed by atoms with Crippen molar-refractivity contribution in [2.75, 3.05) is 18.4 Å². The second kappa shape index (κ2) is 7.80. The van der Waals surface area contributed by atoms with Crippen LogP contribution in [0.15, 0.2) is 36.5 Å². The van der Waals surface area contributed by atoms with Gasteiger partial charge in [0.05, 0.1) is 6.04 Å². The Bertz CT molecular complexity index is 734. The van der Waals surface area contributed by atoms with E-state index in [0.29, 0.717) is 24.0 Å². The SMILES string of the molecule is NC(=O)NCc1ccc(NC(=O)c2ccn(C3CCCNC3)n2)cc1. The molecule has 1 fully saturated rings. The van der Waals surface area contributed by atoms with E-state index >= 15 is 0 Å². The highest BCUT2D eigenvalue weighted by atomic mass is 16.2. The zero-order chi connectivity index (χ0) is 17.6. The average molecular weight is 342 g/mol. The van der Waals surface area contributed by atoms with Crippen LogP contribution in [0.3, 0.4) is 0 Å². The van der Waals surface area contributed by atoms with Gasteiger partial charge in [-0.1, -0.05) is 12.1 Å². The minimum Gasteiger partial charge on any atom is -0.352 e. The average Bonchev–Trinajstić information content (AvgIpc) is 3.12. The molecule has 0 saturated carbocycles. The number of urea groups is 1. The minimum atomic E-state index is -0.568. The van der Waals surface area contributed by atoms with E-state index in [1.54, 1.807) is 18.2 Å². The van der Waals surface area contributed by atoms with Crippen LogP contribution in [-0.2, 0) is 6.54 Å². The van der Waals surface area contributed by atoms with Crippen LogP contribution in [0.5, 0.6) is 0 Å². The van der Waals surface area contributed by atoms with Crippen molar-refractivity contribution in [3.8, 4) is 0 Å². The largest absolute Gasteiger partial charge is 0.352 e. The smallest absolute Gasteiger partial charge is 0.312 e. The Kier molecular flexibility index (Phi) is 5.30. The van der Waals surface area contributed by atoms with Gasteiger partial charge in [0, 0.05) is 25.0 Å². The highest BCUT2D eigenvalue weighted by molar-refractivity contribution is 6.02. The number of aromatic nitrogens is 2. The lowest BCUT2D eigenvalue weighted by Crippen LogP contribution is -2.32. The van der Waals surface area contributed by atoms with Crippen molar-refractivity contribution >= 4 is 17.6 Å². The number of amides is 3. The van der Waals surface area contributed by atoms with E-state index in [1.807, 2.05) is 23.0 Å². The number of hydrogen-bond donors (Lipinski definition) is 4. The first kappa shape index (κ1) is 17.0. The maximum Gasteiger partial charge on any atom is 0.312 e. The molecule has 5 N–H and O–H groups in total. The molecular formula is C17H22N6O2. The quantitative estimate of drug-likeness (QED) is 0.654. The summed E-state index contributed by atoms with van der Waals surface area (Å²) in [6.07, 6.45) is 4.03. The summed E-state index contributed by atoms with van der Waals surface area (Å²) in [4.78, 5) is 23.0. The highest BCUT2D eigenvalue weighted by Crippen LogP contribution is 2.16. The minimum absolute atomic E-state index is 0.245. The molecule has 1 aromatic heterocycles. The lowest BCUT2D eigenvalue weighted by molar-refractivity contribution is 0.102. The molecule has 1 atom stereocenters. The molecule has 0 radical (unpaired) electrons. The Hall–Kier alpha value is -2.87. The molecule has 3 rings (SSSR count). The Morgan fingerprint density at radius 3 is 2.76 bits per heavy atom. The topological polar surface area (TPSA) is 114 Å². The van der Waals surface area contributed by atoms with Crippen LogP contribution >= 0.6 is 0 Å². The lowest BCUT2D eigenvalue weighted by Gasteiger charge is -2.22. The summed E-state index contributed by atoms with van der Waals surface area (Å²) in [7, 11) is 0. The summed E-state index contributed by atoms with van der Waals surface area (Å²) in [5, 5.41) is 13.1. The van der Waals surface area contributed by atoms with E-state index in [4.69, 9.17) is 5.73 Å². The van der Waals surface area contributed by atoms with Crippen molar-refractivity contribution in [3.63, 3.8) is 0 Å². The number of nitrogens with zero attached hydrogens (tertiary/aromatic N) is 2. The predicted molar refractivity (Wildman–Crippen MR) is 94.2 cm³/mol. The van der Waals surface area contributed by atoms with Gasteiger partial charge in [0.1, 0.15) is 0 Å². The second-order valence-electron chi connectivity index (χ2n) is 6.05. The molecule has 2 heterocycles. The number of benzene rings is 1. The van der Waals surface area contributed by atoms with Gasteiger partial charge in [0.2, 0.25) is 0 Å². The van der Waals surface area contributed by atoms with Crippen LogP contribution in [0.1, 0.15) is 34.9 Å². The molecule has 8 heteroatoms. The van der Waals surface area contributed by atoms with Gasteiger partial charge in [-0.05, 0) is 43.1 Å². The van der Waals surface area contributed by atoms with E-state index in [1.165, 1.54) is 0 Å². The number of nitrogens with one attached hydrogen (secondary N) is 3. The molecule has 0 aliphatic carbocycles. The third-order valence-electron chi connectivity index (χ3n) is 4.16. The maximum atomic E-state index is 12.3. The molecule has 8 nitrogen and oxygen atoms in total. The first-order valence-electron chi connectivity index (χ1n) is 8.31. The van der Waals surface area contributed by atoms with Gasteiger partial charge < -0.3 is 21.7 Å². The van der Waals surface area contributed by atoms with Gasteiger partial charge in [0.15, 0.2) is 5.69 Å². The van der Waals surface area contributed by atoms with Crippen LogP contribution < -0.4 is 21.7 Å². The summed E-state index contributed by atoms with van der Waals surface area (Å²) in [5.74, 6) is -0.245. The fourth-order valence-corrected chi connectivity index (χ4v) is 2.81. The molecule has 1 saturated heterocycles. The van der Waals surface area contributed by atoms with Crippen LogP contribution in [0.2, 0.25) is 0 Å². The van der Waals surface area contributed by atoms with Gasteiger partial charge >= 0.3 is 6.03 Å². The van der Waals surface area contributed by atoms with Crippen molar-refractivity contribution in [3.05, 3.63) is 47.8 Å². The molecule has 0 bridgehead atoms. The van der Waals surface area contributed by atoms with E-state index < -0.39 is 6.03 Å². The molecule has 0 spiro atoms. The van der Waals surface area contributed by atoms with Crippen LogP contribution in [0.4, 0.5) is 10.5 Å². The fourth-order valence-electron chi connectivity index (χ4n) is 2.81. The zero-order valence-corrected chi connectivity index (χ0v) is 13.9. The summed E-state index contributed by atoms with van der Waals surface area (Å²) in [6.45, 7) is 2.27. The Morgan fingerprint density at radius 1 is 1.28 bits per heavy atom. The first-order chi connectivity index (χ1) is 12.1. The molecule has 1 aromatic carbocycles. The van der Waals surface area contributed by atoms with Gasteiger partial charge in [-0.2, -0.15) is 5.10 Å². The van der Waals surface area contributed by atoms with Gasteiger partial charge in [-0.15, -0.1) is 0 Å². The van der Waals surface area contributed by atoms with Crippen LogP contribution in [-0.4, -0.2) is 34.8 Å². The number of hydrogen-bond acceptors (Lipinski definition) is 4. The number of carbonyl (C=O) groups is 2. The van der Waals surface area contributed by atoms with Crippen molar-refractivity contribution in [1.82, 2.24) is 20.4 Å². The molecular weight excluding hydrogens is 320 g/mol. The Morgan fingerprint density at radius 2 is 2.08 bits per heavy atom. The maximum absolute atomic E-state index is 12.3. The molecule has 1 unspecified atom stereocenters. The van der Waals surface area contributed by atoms with E-state index in [-0.39, 0.29) is 5.91 Å². The number of anilines is 1. The Labute approximate surface area is 145 Å². The number of piperidine rings is 1. The van der Waals surface area contributed by atoms with Crippen molar-refractivity contribution < 1.29 is 9.59 Å². The lowest BCUT2D eigenvalue weighted by atomic mass is 10.1. The van der Waals surface area contributed by atoms with E-state index in [0.717, 1.165) is 31.5 Å². The van der Waals surface area contributed by atoms with E-state index in [2.05, 4.69) is 21.0 Å². The first-order valence-corrected chi connectivity index (χ1v) is 8.31. The summed E-state index contributed by atoms with van der Waals surface area (Å²) < 4.78 is 1.86. The van der Waals surface area contributed by atoms with Crippen molar-refractivity contribution in [1.29, 1.82) is 0 Å². The molecule has 132 valence electrons. The number of primary amides is 1. The second-order valence-corrected chi connectivity index (χ2v) is 6.05. The third kappa shape index (κ3) is 4.57. The number of rotatable bonds is 5.